The molecule has 19 heavy (non-hydrogen) atoms. The molecule has 0 heterocycles. The summed E-state index contributed by atoms with van der Waals surface area (Å²) in [4.78, 5) is 14.2. The fourth-order valence-corrected chi connectivity index (χ4v) is 2.50. The molecule has 4 N–H and O–H groups in total. The van der Waals surface area contributed by atoms with Gasteiger partial charge >= 0.3 is 0 Å². The Labute approximate surface area is 114 Å². The van der Waals surface area contributed by atoms with Crippen LogP contribution < -0.4 is 11.5 Å². The van der Waals surface area contributed by atoms with Crippen LogP contribution in [0, 0.1) is 0 Å². The van der Waals surface area contributed by atoms with Crippen LogP contribution in [0.1, 0.15) is 31.7 Å². The first-order valence-electron chi connectivity index (χ1n) is 6.96. The lowest BCUT2D eigenvalue weighted by Gasteiger charge is -2.30. The zero-order valence-electron chi connectivity index (χ0n) is 11.5. The lowest BCUT2D eigenvalue weighted by molar-refractivity contribution is -0.123. The van der Waals surface area contributed by atoms with Crippen molar-refractivity contribution in [1.29, 1.82) is 0 Å². The molecule has 4 heteroatoms. The van der Waals surface area contributed by atoms with Crippen molar-refractivity contribution >= 4 is 5.91 Å². The van der Waals surface area contributed by atoms with E-state index >= 15 is 0 Å². The van der Waals surface area contributed by atoms with Gasteiger partial charge in [-0.1, -0.05) is 37.3 Å². The van der Waals surface area contributed by atoms with Gasteiger partial charge in [-0.3, -0.25) is 4.79 Å². The lowest BCUT2D eigenvalue weighted by Crippen LogP contribution is -2.51. The van der Waals surface area contributed by atoms with Crippen LogP contribution in [0.2, 0.25) is 0 Å². The summed E-state index contributed by atoms with van der Waals surface area (Å²) in [5, 5.41) is 0. The molecule has 0 aromatic heterocycles. The minimum absolute atomic E-state index is 0.453. The first-order chi connectivity index (χ1) is 9.08. The minimum Gasteiger partial charge on any atom is -0.368 e. The van der Waals surface area contributed by atoms with Gasteiger partial charge in [0.2, 0.25) is 5.91 Å². The van der Waals surface area contributed by atoms with Crippen LogP contribution in [0.4, 0.5) is 0 Å². The zero-order chi connectivity index (χ0) is 13.9. The van der Waals surface area contributed by atoms with E-state index < -0.39 is 11.4 Å². The maximum absolute atomic E-state index is 11.8. The van der Waals surface area contributed by atoms with Gasteiger partial charge in [0.15, 0.2) is 0 Å². The monoisotopic (exact) mass is 261 g/mol. The highest BCUT2D eigenvalue weighted by Crippen LogP contribution is 2.29. The first-order valence-corrected chi connectivity index (χ1v) is 6.96. The number of nitrogens with two attached hydrogens (primary N) is 2. The van der Waals surface area contributed by atoms with Crippen LogP contribution in [0.3, 0.4) is 0 Å². The maximum atomic E-state index is 11.8. The molecular formula is C15H23N3O. The summed E-state index contributed by atoms with van der Waals surface area (Å²) in [5.74, 6) is -0.453. The first kappa shape index (κ1) is 14.0. The van der Waals surface area contributed by atoms with Gasteiger partial charge in [0.05, 0.1) is 0 Å². The molecular weight excluding hydrogens is 238 g/mol. The van der Waals surface area contributed by atoms with Gasteiger partial charge in [0, 0.05) is 12.6 Å². The largest absolute Gasteiger partial charge is 0.368 e. The summed E-state index contributed by atoms with van der Waals surface area (Å²) in [7, 11) is 0. The summed E-state index contributed by atoms with van der Waals surface area (Å²) >= 11 is 0. The van der Waals surface area contributed by atoms with Gasteiger partial charge in [-0.15, -0.1) is 0 Å². The molecule has 0 radical (unpaired) electrons. The maximum Gasteiger partial charge on any atom is 0.242 e. The Balaban J connectivity index is 2.09. The fraction of sp³-hybridized carbons (Fsp3) is 0.533. The molecule has 1 aliphatic carbocycles. The smallest absolute Gasteiger partial charge is 0.242 e. The molecule has 1 aromatic rings. The van der Waals surface area contributed by atoms with Crippen LogP contribution in [-0.2, 0) is 10.3 Å². The summed E-state index contributed by atoms with van der Waals surface area (Å²) in [5.41, 5.74) is 11.6. The second-order valence-electron chi connectivity index (χ2n) is 5.31. The quantitative estimate of drug-likeness (QED) is 0.774. The van der Waals surface area contributed by atoms with Crippen LogP contribution in [-0.4, -0.2) is 29.9 Å². The lowest BCUT2D eigenvalue weighted by atomic mass is 9.86. The van der Waals surface area contributed by atoms with E-state index in [9.17, 15) is 4.79 Å². The van der Waals surface area contributed by atoms with Crippen molar-refractivity contribution in [3.63, 3.8) is 0 Å². The van der Waals surface area contributed by atoms with Crippen molar-refractivity contribution in [1.82, 2.24) is 4.90 Å². The third-order valence-electron chi connectivity index (χ3n) is 3.99. The van der Waals surface area contributed by atoms with Crippen LogP contribution in [0.5, 0.6) is 0 Å². The fourth-order valence-electron chi connectivity index (χ4n) is 2.50. The van der Waals surface area contributed by atoms with Crippen molar-refractivity contribution in [2.45, 2.75) is 37.8 Å². The number of rotatable bonds is 7. The average molecular weight is 261 g/mol. The van der Waals surface area contributed by atoms with Gasteiger partial charge in [-0.2, -0.15) is 0 Å². The van der Waals surface area contributed by atoms with Gasteiger partial charge in [-0.25, -0.2) is 0 Å². The predicted octanol–water partition coefficient (Wildman–Crippen LogP) is 1.20. The molecule has 1 unspecified atom stereocenters. The highest BCUT2D eigenvalue weighted by Gasteiger charge is 2.36. The number of benzene rings is 1. The molecule has 0 spiro atoms. The van der Waals surface area contributed by atoms with Crippen molar-refractivity contribution < 1.29 is 4.79 Å². The summed E-state index contributed by atoms with van der Waals surface area (Å²) in [6.07, 6.45) is 3.08. The third kappa shape index (κ3) is 3.14. The van der Waals surface area contributed by atoms with E-state index in [-0.39, 0.29) is 0 Å². The standard InChI is InChI=1S/C15H23N3O/c1-2-18(13-8-9-13)11-10-15(17,14(16)19)12-6-4-3-5-7-12/h3-7,13H,2,8-11,17H2,1H3,(H2,16,19). The van der Waals surface area contributed by atoms with E-state index in [1.165, 1.54) is 12.8 Å². The number of primary amides is 1. The molecule has 1 aliphatic rings. The third-order valence-corrected chi connectivity index (χ3v) is 3.99. The summed E-state index contributed by atoms with van der Waals surface area (Å²) in [6.45, 7) is 3.95. The average Bonchev–Trinajstić information content (AvgIpc) is 3.24. The molecule has 104 valence electrons. The van der Waals surface area contributed by atoms with Gasteiger partial charge in [0.25, 0.3) is 0 Å². The Morgan fingerprint density at radius 2 is 2.00 bits per heavy atom. The number of carbonyl (C=O) groups excluding carboxylic acids is 1. The normalized spacial score (nSPS) is 18.3. The van der Waals surface area contributed by atoms with E-state index in [2.05, 4.69) is 11.8 Å². The predicted molar refractivity (Wildman–Crippen MR) is 76.4 cm³/mol. The SMILES string of the molecule is CCN(CCC(N)(C(N)=O)c1ccccc1)C1CC1. The van der Waals surface area contributed by atoms with E-state index in [1.807, 2.05) is 30.3 Å². The number of hydrogen-bond acceptors (Lipinski definition) is 3. The van der Waals surface area contributed by atoms with Crippen molar-refractivity contribution in [3.05, 3.63) is 35.9 Å². The van der Waals surface area contributed by atoms with Gasteiger partial charge in [0.1, 0.15) is 5.54 Å². The molecule has 4 nitrogen and oxygen atoms in total. The Morgan fingerprint density at radius 1 is 1.37 bits per heavy atom. The summed E-state index contributed by atoms with van der Waals surface area (Å²) < 4.78 is 0. The van der Waals surface area contributed by atoms with E-state index in [1.54, 1.807) is 0 Å². The second-order valence-corrected chi connectivity index (χ2v) is 5.31. The second kappa shape index (κ2) is 5.72. The number of carbonyl (C=O) groups is 1. The summed E-state index contributed by atoms with van der Waals surface area (Å²) in [6, 6.07) is 10.1. The van der Waals surface area contributed by atoms with Crippen molar-refractivity contribution in [2.24, 2.45) is 11.5 Å². The van der Waals surface area contributed by atoms with Crippen molar-refractivity contribution in [2.75, 3.05) is 13.1 Å². The van der Waals surface area contributed by atoms with E-state index in [0.29, 0.717) is 12.5 Å². The van der Waals surface area contributed by atoms with E-state index in [4.69, 9.17) is 11.5 Å². The number of hydrogen-bond donors (Lipinski definition) is 2. The van der Waals surface area contributed by atoms with Gasteiger partial charge < -0.3 is 16.4 Å². The van der Waals surface area contributed by atoms with Gasteiger partial charge in [-0.05, 0) is 31.4 Å². The number of amides is 1. The molecule has 1 aromatic carbocycles. The Kier molecular flexibility index (Phi) is 4.22. The molecule has 0 bridgehead atoms. The Bertz CT molecular complexity index is 430. The topological polar surface area (TPSA) is 72.3 Å². The Morgan fingerprint density at radius 3 is 2.47 bits per heavy atom. The molecule has 1 fully saturated rings. The van der Waals surface area contributed by atoms with Crippen molar-refractivity contribution in [3.8, 4) is 0 Å². The zero-order valence-corrected chi connectivity index (χ0v) is 11.5. The van der Waals surface area contributed by atoms with Crippen LogP contribution >= 0.6 is 0 Å². The number of nitrogens with zero attached hydrogens (tertiary/aromatic N) is 1. The van der Waals surface area contributed by atoms with Crippen LogP contribution in [0.25, 0.3) is 0 Å². The molecule has 2 rings (SSSR count). The molecule has 1 amide bonds. The molecule has 0 saturated heterocycles. The molecule has 0 aliphatic heterocycles. The Hall–Kier alpha value is -1.39. The highest BCUT2D eigenvalue weighted by atomic mass is 16.1. The highest BCUT2D eigenvalue weighted by molar-refractivity contribution is 5.85. The minimum atomic E-state index is -1.07. The molecule has 1 saturated carbocycles. The van der Waals surface area contributed by atoms with E-state index in [0.717, 1.165) is 18.7 Å². The molecule has 1 atom stereocenters. The van der Waals surface area contributed by atoms with Crippen LogP contribution in [0.15, 0.2) is 30.3 Å².